The van der Waals surface area contributed by atoms with Gasteiger partial charge in [0.25, 0.3) is 0 Å². The molecule has 9 nitrogen and oxygen atoms in total. The number of carbonyl (C=O) groups is 1. The Morgan fingerprint density at radius 3 is 1.78 bits per heavy atom. The second-order valence-corrected chi connectivity index (χ2v) is 14.1. The Kier molecular flexibility index (Phi) is 29.3. The van der Waals surface area contributed by atoms with Crippen molar-refractivity contribution in [3.05, 3.63) is 24.3 Å². The molecule has 49 heavy (non-hydrogen) atoms. The molecule has 0 aromatic heterocycles. The first-order valence-electron chi connectivity index (χ1n) is 20.0. The van der Waals surface area contributed by atoms with Crippen molar-refractivity contribution >= 4 is 5.91 Å². The van der Waals surface area contributed by atoms with E-state index >= 15 is 0 Å². The number of hydrogen-bond acceptors (Lipinski definition) is 8. The van der Waals surface area contributed by atoms with E-state index in [4.69, 9.17) is 9.47 Å². The molecule has 1 fully saturated rings. The van der Waals surface area contributed by atoms with Gasteiger partial charge in [-0.15, -0.1) is 0 Å². The quantitative estimate of drug-likeness (QED) is 0.0320. The van der Waals surface area contributed by atoms with Crippen LogP contribution in [0.15, 0.2) is 24.3 Å². The summed E-state index contributed by atoms with van der Waals surface area (Å²) >= 11 is 0. The number of rotatable bonds is 32. The molecule has 0 saturated carbocycles. The van der Waals surface area contributed by atoms with Gasteiger partial charge in [0, 0.05) is 6.42 Å². The van der Waals surface area contributed by atoms with Crippen LogP contribution in [0.25, 0.3) is 0 Å². The zero-order chi connectivity index (χ0) is 36.0. The molecule has 7 atom stereocenters. The van der Waals surface area contributed by atoms with Gasteiger partial charge in [-0.1, -0.05) is 141 Å². The van der Waals surface area contributed by atoms with Crippen LogP contribution in [0.5, 0.6) is 0 Å². The predicted octanol–water partition coefficient (Wildman–Crippen LogP) is 7.16. The van der Waals surface area contributed by atoms with Crippen LogP contribution in [0, 0.1) is 0 Å². The highest BCUT2D eigenvalue weighted by Crippen LogP contribution is 2.23. The number of carbonyl (C=O) groups excluding carboxylic acids is 1. The summed E-state index contributed by atoms with van der Waals surface area (Å²) in [6.07, 6.45) is 27.6. The second kappa shape index (κ2) is 31.4. The first kappa shape index (κ1) is 45.7. The van der Waals surface area contributed by atoms with E-state index in [9.17, 15) is 30.3 Å². The van der Waals surface area contributed by atoms with Gasteiger partial charge in [0.15, 0.2) is 6.29 Å². The monoisotopic (exact) mass is 698 g/mol. The van der Waals surface area contributed by atoms with Gasteiger partial charge in [-0.3, -0.25) is 4.79 Å². The summed E-state index contributed by atoms with van der Waals surface area (Å²) in [7, 11) is 0. The molecule has 288 valence electrons. The van der Waals surface area contributed by atoms with Crippen LogP contribution >= 0.6 is 0 Å². The summed E-state index contributed by atoms with van der Waals surface area (Å²) in [5.74, 6) is -0.157. The van der Waals surface area contributed by atoms with Crippen molar-refractivity contribution in [3.8, 4) is 0 Å². The minimum atomic E-state index is -1.55. The molecule has 1 heterocycles. The normalized spacial score (nSPS) is 22.6. The van der Waals surface area contributed by atoms with Crippen molar-refractivity contribution in [2.24, 2.45) is 0 Å². The molecule has 9 heteroatoms. The lowest BCUT2D eigenvalue weighted by Crippen LogP contribution is -2.60. The standard InChI is InChI=1S/C40H75NO8/c1-3-5-7-9-11-13-14-15-16-17-18-19-20-21-22-24-26-28-30-36(44)41-33(34(43)29-27-25-23-12-10-8-6-4-2)32-48-40-39(47)38(46)37(45)35(31-42)49-40/h13-14,16-17,33-35,37-40,42-43,45-47H,3-12,15,18-32H2,1-2H3,(H,41,44)/b14-13-,17-16-. The molecule has 0 bridgehead atoms. The summed E-state index contributed by atoms with van der Waals surface area (Å²) in [6.45, 7) is 3.75. The molecular formula is C40H75NO8. The van der Waals surface area contributed by atoms with E-state index in [1.165, 1.54) is 89.9 Å². The Bertz CT molecular complexity index is 822. The molecule has 1 aliphatic rings. The zero-order valence-corrected chi connectivity index (χ0v) is 31.2. The van der Waals surface area contributed by atoms with Gasteiger partial charge in [-0.05, 0) is 44.9 Å². The van der Waals surface area contributed by atoms with Crippen LogP contribution < -0.4 is 5.32 Å². The summed E-state index contributed by atoms with van der Waals surface area (Å²) in [4.78, 5) is 12.9. The number of amides is 1. The lowest BCUT2D eigenvalue weighted by atomic mass is 9.99. The zero-order valence-electron chi connectivity index (χ0n) is 31.2. The van der Waals surface area contributed by atoms with Gasteiger partial charge in [0.05, 0.1) is 25.4 Å². The molecule has 0 spiro atoms. The highest BCUT2D eigenvalue weighted by Gasteiger charge is 2.44. The molecule has 0 radical (unpaired) electrons. The van der Waals surface area contributed by atoms with Gasteiger partial charge in [0.1, 0.15) is 24.4 Å². The fourth-order valence-corrected chi connectivity index (χ4v) is 6.25. The van der Waals surface area contributed by atoms with Crippen molar-refractivity contribution in [1.29, 1.82) is 0 Å². The van der Waals surface area contributed by atoms with Crippen molar-refractivity contribution in [2.45, 2.75) is 211 Å². The first-order valence-corrected chi connectivity index (χ1v) is 20.0. The van der Waals surface area contributed by atoms with E-state index in [1.54, 1.807) is 0 Å². The molecule has 1 rings (SSSR count). The highest BCUT2D eigenvalue weighted by atomic mass is 16.7. The topological polar surface area (TPSA) is 149 Å². The third-order valence-electron chi connectivity index (χ3n) is 9.56. The van der Waals surface area contributed by atoms with Crippen LogP contribution in [0.3, 0.4) is 0 Å². The molecule has 0 aromatic rings. The van der Waals surface area contributed by atoms with Crippen LogP contribution in [0.4, 0.5) is 0 Å². The molecule has 7 unspecified atom stereocenters. The lowest BCUT2D eigenvalue weighted by Gasteiger charge is -2.40. The summed E-state index contributed by atoms with van der Waals surface area (Å²) < 4.78 is 11.2. The molecule has 0 aliphatic carbocycles. The van der Waals surface area contributed by atoms with Crippen molar-refractivity contribution < 1.29 is 39.8 Å². The number of aliphatic hydroxyl groups excluding tert-OH is 5. The summed E-state index contributed by atoms with van der Waals surface area (Å²) in [6, 6.07) is -0.718. The van der Waals surface area contributed by atoms with Gasteiger partial charge in [-0.25, -0.2) is 0 Å². The molecule has 6 N–H and O–H groups in total. The van der Waals surface area contributed by atoms with E-state index in [-0.39, 0.29) is 12.5 Å². The number of nitrogens with one attached hydrogen (secondary N) is 1. The number of aliphatic hydroxyl groups is 5. The number of ether oxygens (including phenoxy) is 2. The van der Waals surface area contributed by atoms with Crippen LogP contribution in [-0.4, -0.2) is 87.5 Å². The maximum atomic E-state index is 12.9. The van der Waals surface area contributed by atoms with E-state index in [0.29, 0.717) is 12.8 Å². The highest BCUT2D eigenvalue weighted by molar-refractivity contribution is 5.76. The summed E-state index contributed by atoms with van der Waals surface area (Å²) in [5.41, 5.74) is 0. The maximum Gasteiger partial charge on any atom is 0.220 e. The van der Waals surface area contributed by atoms with Crippen LogP contribution in [0.2, 0.25) is 0 Å². The minimum Gasteiger partial charge on any atom is -0.394 e. The largest absolute Gasteiger partial charge is 0.394 e. The Labute approximate surface area is 298 Å². The van der Waals surface area contributed by atoms with E-state index < -0.39 is 49.5 Å². The van der Waals surface area contributed by atoms with Gasteiger partial charge < -0.3 is 40.3 Å². The predicted molar refractivity (Wildman–Crippen MR) is 198 cm³/mol. The minimum absolute atomic E-state index is 0.141. The van der Waals surface area contributed by atoms with E-state index in [0.717, 1.165) is 51.4 Å². The number of unbranched alkanes of at least 4 members (excludes halogenated alkanes) is 18. The Balaban J connectivity index is 2.34. The average molecular weight is 698 g/mol. The van der Waals surface area contributed by atoms with Crippen molar-refractivity contribution in [2.75, 3.05) is 13.2 Å². The van der Waals surface area contributed by atoms with Gasteiger partial charge in [0.2, 0.25) is 5.91 Å². The first-order chi connectivity index (χ1) is 23.8. The van der Waals surface area contributed by atoms with Crippen LogP contribution in [-0.2, 0) is 14.3 Å². The molecule has 1 aliphatic heterocycles. The van der Waals surface area contributed by atoms with Gasteiger partial charge in [-0.2, -0.15) is 0 Å². The fraction of sp³-hybridized carbons (Fsp3) is 0.875. The Hall–Kier alpha value is -1.33. The molecule has 1 amide bonds. The second-order valence-electron chi connectivity index (χ2n) is 14.1. The third kappa shape index (κ3) is 23.0. The molecule has 0 aromatic carbocycles. The third-order valence-corrected chi connectivity index (χ3v) is 9.56. The van der Waals surface area contributed by atoms with Crippen molar-refractivity contribution in [1.82, 2.24) is 5.32 Å². The smallest absolute Gasteiger partial charge is 0.220 e. The Morgan fingerprint density at radius 2 is 1.20 bits per heavy atom. The SMILES string of the molecule is CCCCCC/C=C\C/C=C\CCCCCCCCCC(=O)NC(COC1OC(CO)C(O)C(O)C1O)C(O)CCCCCCCCCC. The van der Waals surface area contributed by atoms with E-state index in [2.05, 4.69) is 43.5 Å². The fourth-order valence-electron chi connectivity index (χ4n) is 6.25. The van der Waals surface area contributed by atoms with Gasteiger partial charge >= 0.3 is 0 Å². The maximum absolute atomic E-state index is 12.9. The Morgan fingerprint density at radius 1 is 0.694 bits per heavy atom. The summed E-state index contributed by atoms with van der Waals surface area (Å²) in [5, 5.41) is 53.9. The van der Waals surface area contributed by atoms with Crippen molar-refractivity contribution in [3.63, 3.8) is 0 Å². The molecule has 1 saturated heterocycles. The van der Waals surface area contributed by atoms with E-state index in [1.807, 2.05) is 0 Å². The number of allylic oxidation sites excluding steroid dienone is 4. The average Bonchev–Trinajstić information content (AvgIpc) is 3.10. The number of hydrogen-bond donors (Lipinski definition) is 6. The molecular weight excluding hydrogens is 622 g/mol. The lowest BCUT2D eigenvalue weighted by molar-refractivity contribution is -0.302. The van der Waals surface area contributed by atoms with Crippen LogP contribution in [0.1, 0.15) is 168 Å².